The molecule has 3 fully saturated rings. The van der Waals surface area contributed by atoms with E-state index in [1.165, 1.54) is 44.9 Å². The Morgan fingerprint density at radius 3 is 2.31 bits per heavy atom. The second-order valence-electron chi connectivity index (χ2n) is 6.33. The van der Waals surface area contributed by atoms with E-state index in [1.54, 1.807) is 0 Å². The molecule has 1 aliphatic heterocycles. The summed E-state index contributed by atoms with van der Waals surface area (Å²) in [6.07, 6.45) is 9.02. The number of carbonyl (C=O) groups excluding carboxylic acids is 1. The van der Waals surface area contributed by atoms with Gasteiger partial charge < -0.3 is 5.32 Å². The number of hydrogen-bond donors (Lipinski definition) is 1. The van der Waals surface area contributed by atoms with Crippen LogP contribution >= 0.6 is 0 Å². The van der Waals surface area contributed by atoms with Crippen LogP contribution in [0.1, 0.15) is 58.8 Å². The van der Waals surface area contributed by atoms with Crippen molar-refractivity contribution in [3.8, 4) is 0 Å². The molecule has 1 heterocycles. The maximum Gasteiger partial charge on any atom is 0.223 e. The van der Waals surface area contributed by atoms with Crippen LogP contribution < -0.4 is 5.32 Å². The van der Waals surface area contributed by atoms with E-state index in [-0.39, 0.29) is 11.5 Å². The fraction of sp³-hybridized carbons (Fsp3) is 0.929. The van der Waals surface area contributed by atoms with Crippen LogP contribution in [0.2, 0.25) is 0 Å². The summed E-state index contributed by atoms with van der Waals surface area (Å²) in [6.45, 7) is 4.52. The molecule has 0 aromatic heterocycles. The minimum atomic E-state index is 0.180. The molecule has 3 unspecified atom stereocenters. The summed E-state index contributed by atoms with van der Waals surface area (Å²) >= 11 is 0. The molecule has 1 amide bonds. The van der Waals surface area contributed by atoms with Crippen molar-refractivity contribution < 1.29 is 4.79 Å². The third kappa shape index (κ3) is 1.01. The Hall–Kier alpha value is -0.530. The summed E-state index contributed by atoms with van der Waals surface area (Å²) in [5, 5.41) is 3.40. The van der Waals surface area contributed by atoms with Crippen molar-refractivity contribution in [3.63, 3.8) is 0 Å². The Kier molecular flexibility index (Phi) is 2.15. The number of hydrogen-bond acceptors (Lipinski definition) is 1. The fourth-order valence-corrected chi connectivity index (χ4v) is 4.95. The van der Waals surface area contributed by atoms with Gasteiger partial charge in [-0.2, -0.15) is 0 Å². The number of nitrogens with one attached hydrogen (secondary N) is 1. The van der Waals surface area contributed by atoms with Crippen LogP contribution in [0, 0.1) is 17.3 Å². The number of fused-ring (bicyclic) bond motifs is 1. The number of carbonyl (C=O) groups is 1. The normalized spacial score (nSPS) is 45.8. The Morgan fingerprint density at radius 1 is 1.12 bits per heavy atom. The highest BCUT2D eigenvalue weighted by Crippen LogP contribution is 2.64. The molecule has 1 saturated heterocycles. The van der Waals surface area contributed by atoms with Crippen molar-refractivity contribution in [2.45, 2.75) is 64.3 Å². The van der Waals surface area contributed by atoms with Gasteiger partial charge in [0.1, 0.15) is 0 Å². The Morgan fingerprint density at radius 2 is 1.81 bits per heavy atom. The third-order valence-electron chi connectivity index (χ3n) is 6.00. The highest BCUT2D eigenvalue weighted by Gasteiger charge is 2.67. The van der Waals surface area contributed by atoms with Gasteiger partial charge in [-0.05, 0) is 31.6 Å². The Labute approximate surface area is 98.2 Å². The standard InChI is InChI=1S/C14H23NO/c1-10-6-9-14(10)11(2)12(16)15-13(14)7-4-3-5-8-13/h10-11H,3-9H2,1-2H3,(H,15,16). The first-order valence-electron chi connectivity index (χ1n) is 6.94. The van der Waals surface area contributed by atoms with E-state index in [4.69, 9.17) is 0 Å². The van der Waals surface area contributed by atoms with Crippen molar-refractivity contribution in [1.82, 2.24) is 5.32 Å². The lowest BCUT2D eigenvalue weighted by Crippen LogP contribution is -2.61. The SMILES string of the molecule is CC1CCC12C(C)C(=O)NC21CCCCC1. The maximum atomic E-state index is 12.1. The Balaban J connectivity index is 2.00. The molecule has 0 aromatic carbocycles. The second-order valence-corrected chi connectivity index (χ2v) is 6.33. The first-order chi connectivity index (χ1) is 7.62. The molecule has 2 saturated carbocycles. The van der Waals surface area contributed by atoms with Gasteiger partial charge >= 0.3 is 0 Å². The van der Waals surface area contributed by atoms with E-state index in [1.807, 2.05) is 0 Å². The molecule has 3 atom stereocenters. The van der Waals surface area contributed by atoms with Crippen LogP contribution in [-0.2, 0) is 4.79 Å². The topological polar surface area (TPSA) is 29.1 Å². The molecule has 0 radical (unpaired) electrons. The quantitative estimate of drug-likeness (QED) is 0.669. The molecule has 0 aromatic rings. The molecule has 2 aliphatic carbocycles. The second kappa shape index (κ2) is 3.24. The molecule has 2 spiro atoms. The van der Waals surface area contributed by atoms with Crippen LogP contribution in [0.3, 0.4) is 0 Å². The molecule has 3 aliphatic rings. The van der Waals surface area contributed by atoms with E-state index >= 15 is 0 Å². The van der Waals surface area contributed by atoms with Gasteiger partial charge in [-0.3, -0.25) is 4.79 Å². The lowest BCUT2D eigenvalue weighted by molar-refractivity contribution is -0.126. The molecule has 2 nitrogen and oxygen atoms in total. The van der Waals surface area contributed by atoms with Crippen LogP contribution in [0.4, 0.5) is 0 Å². The van der Waals surface area contributed by atoms with Crippen molar-refractivity contribution in [3.05, 3.63) is 0 Å². The van der Waals surface area contributed by atoms with Gasteiger partial charge in [-0.1, -0.05) is 33.1 Å². The fourth-order valence-electron chi connectivity index (χ4n) is 4.95. The predicted octanol–water partition coefficient (Wildman–Crippen LogP) is 2.87. The smallest absolute Gasteiger partial charge is 0.223 e. The highest BCUT2D eigenvalue weighted by molar-refractivity contribution is 5.84. The minimum absolute atomic E-state index is 0.180. The van der Waals surface area contributed by atoms with Crippen molar-refractivity contribution in [2.75, 3.05) is 0 Å². The van der Waals surface area contributed by atoms with E-state index in [2.05, 4.69) is 19.2 Å². The van der Waals surface area contributed by atoms with Crippen molar-refractivity contribution >= 4 is 5.91 Å². The van der Waals surface area contributed by atoms with Gasteiger partial charge in [0.2, 0.25) is 5.91 Å². The summed E-state index contributed by atoms with van der Waals surface area (Å²) in [7, 11) is 0. The van der Waals surface area contributed by atoms with E-state index < -0.39 is 0 Å². The first kappa shape index (κ1) is 10.6. The first-order valence-corrected chi connectivity index (χ1v) is 6.94. The summed E-state index contributed by atoms with van der Waals surface area (Å²) in [5.41, 5.74) is 0.490. The molecule has 1 N–H and O–H groups in total. The summed E-state index contributed by atoms with van der Waals surface area (Å²) < 4.78 is 0. The monoisotopic (exact) mass is 221 g/mol. The third-order valence-corrected chi connectivity index (χ3v) is 6.00. The molecule has 2 heteroatoms. The zero-order chi connectivity index (χ0) is 11.4. The van der Waals surface area contributed by atoms with E-state index in [9.17, 15) is 4.79 Å². The van der Waals surface area contributed by atoms with Gasteiger partial charge in [-0.25, -0.2) is 0 Å². The highest BCUT2D eigenvalue weighted by atomic mass is 16.2. The van der Waals surface area contributed by atoms with Gasteiger partial charge in [0.15, 0.2) is 0 Å². The van der Waals surface area contributed by atoms with Gasteiger partial charge in [0.25, 0.3) is 0 Å². The minimum Gasteiger partial charge on any atom is -0.350 e. The average molecular weight is 221 g/mol. The average Bonchev–Trinajstić information content (AvgIpc) is 2.49. The van der Waals surface area contributed by atoms with Crippen molar-refractivity contribution in [1.29, 1.82) is 0 Å². The maximum absolute atomic E-state index is 12.1. The largest absolute Gasteiger partial charge is 0.350 e. The zero-order valence-electron chi connectivity index (χ0n) is 10.5. The van der Waals surface area contributed by atoms with Gasteiger partial charge in [-0.15, -0.1) is 0 Å². The number of amides is 1. The lowest BCUT2D eigenvalue weighted by Gasteiger charge is -2.59. The number of rotatable bonds is 0. The molecular weight excluding hydrogens is 198 g/mol. The zero-order valence-corrected chi connectivity index (χ0v) is 10.5. The summed E-state index contributed by atoms with van der Waals surface area (Å²) in [5.74, 6) is 1.31. The summed E-state index contributed by atoms with van der Waals surface area (Å²) in [6, 6.07) is 0. The van der Waals surface area contributed by atoms with Crippen LogP contribution in [-0.4, -0.2) is 11.4 Å². The summed E-state index contributed by atoms with van der Waals surface area (Å²) in [4.78, 5) is 12.1. The van der Waals surface area contributed by atoms with E-state index in [0.717, 1.165) is 5.92 Å². The molecule has 3 rings (SSSR count). The van der Waals surface area contributed by atoms with E-state index in [0.29, 0.717) is 11.3 Å². The lowest BCUT2D eigenvalue weighted by atomic mass is 9.46. The Bertz CT molecular complexity index is 319. The molecular formula is C14H23NO. The van der Waals surface area contributed by atoms with Gasteiger partial charge in [0.05, 0.1) is 0 Å². The van der Waals surface area contributed by atoms with Crippen LogP contribution in [0.25, 0.3) is 0 Å². The molecule has 16 heavy (non-hydrogen) atoms. The molecule has 0 bridgehead atoms. The predicted molar refractivity (Wildman–Crippen MR) is 64.0 cm³/mol. The van der Waals surface area contributed by atoms with Gasteiger partial charge in [0, 0.05) is 16.9 Å². The van der Waals surface area contributed by atoms with Crippen LogP contribution in [0.15, 0.2) is 0 Å². The van der Waals surface area contributed by atoms with Crippen LogP contribution in [0.5, 0.6) is 0 Å². The molecule has 90 valence electrons. The van der Waals surface area contributed by atoms with Crippen molar-refractivity contribution in [2.24, 2.45) is 17.3 Å².